The summed E-state index contributed by atoms with van der Waals surface area (Å²) in [6.07, 6.45) is 0. The van der Waals surface area contributed by atoms with E-state index in [0.29, 0.717) is 27.0 Å². The van der Waals surface area contributed by atoms with E-state index in [1.807, 2.05) is 24.3 Å². The smallest absolute Gasteiger partial charge is 0.277 e. The molecule has 4 rings (SSSR count). The summed E-state index contributed by atoms with van der Waals surface area (Å²) in [5.41, 5.74) is 0.919. The van der Waals surface area contributed by atoms with Crippen molar-refractivity contribution in [1.29, 1.82) is 0 Å². The van der Waals surface area contributed by atoms with Gasteiger partial charge in [0.05, 0.1) is 10.8 Å². The quantitative estimate of drug-likeness (QED) is 0.404. The maximum absolute atomic E-state index is 13.6. The zero-order valence-corrected chi connectivity index (χ0v) is 16.9. The molecule has 0 fully saturated rings. The van der Waals surface area contributed by atoms with Gasteiger partial charge in [-0.25, -0.2) is 4.39 Å². The number of halogens is 2. The monoisotopic (exact) mass is 433 g/mol. The Morgan fingerprint density at radius 3 is 2.89 bits per heavy atom. The van der Waals surface area contributed by atoms with Crippen LogP contribution in [-0.2, 0) is 4.79 Å². The molecule has 1 N–H and O–H groups in total. The van der Waals surface area contributed by atoms with E-state index in [1.165, 1.54) is 17.4 Å². The molecule has 0 aliphatic carbocycles. The fraction of sp³-hybridized carbons (Fsp3) is 0.105. The molecule has 9 heteroatoms. The number of rotatable bonds is 5. The molecule has 1 amide bonds. The minimum atomic E-state index is -0.368. The molecular weight excluding hydrogens is 421 g/mol. The Kier molecular flexibility index (Phi) is 5.34. The van der Waals surface area contributed by atoms with Crippen molar-refractivity contribution in [3.8, 4) is 10.8 Å². The van der Waals surface area contributed by atoms with Crippen molar-refractivity contribution >= 4 is 56.4 Å². The summed E-state index contributed by atoms with van der Waals surface area (Å²) in [7, 11) is 0. The zero-order valence-electron chi connectivity index (χ0n) is 14.5. The van der Waals surface area contributed by atoms with Crippen molar-refractivity contribution in [3.05, 3.63) is 58.9 Å². The van der Waals surface area contributed by atoms with Crippen molar-refractivity contribution in [1.82, 2.24) is 10.2 Å². The van der Waals surface area contributed by atoms with Crippen molar-refractivity contribution in [2.45, 2.75) is 12.1 Å². The molecular formula is C19H13ClFN3O2S2. The molecule has 0 radical (unpaired) electrons. The SMILES string of the molecule is Cc1ccc(NC(=O)CSc2nnc(-c3sc4ccccc4c3Cl)o2)cc1F. The number of fused-ring (bicyclic) bond motifs is 1. The van der Waals surface area contributed by atoms with Crippen LogP contribution in [-0.4, -0.2) is 21.9 Å². The van der Waals surface area contributed by atoms with Gasteiger partial charge in [-0.05, 0) is 30.7 Å². The summed E-state index contributed by atoms with van der Waals surface area (Å²) in [6.45, 7) is 1.66. The van der Waals surface area contributed by atoms with Crippen molar-refractivity contribution in [2.75, 3.05) is 11.1 Å². The minimum absolute atomic E-state index is 0.0529. The predicted molar refractivity (Wildman–Crippen MR) is 111 cm³/mol. The fourth-order valence-corrected chi connectivity index (χ4v) is 4.50. The number of amides is 1. The van der Waals surface area contributed by atoms with Gasteiger partial charge in [0.1, 0.15) is 10.7 Å². The molecule has 4 aromatic rings. The highest BCUT2D eigenvalue weighted by molar-refractivity contribution is 7.99. The average molecular weight is 434 g/mol. The van der Waals surface area contributed by atoms with Gasteiger partial charge in [0, 0.05) is 15.8 Å². The lowest BCUT2D eigenvalue weighted by Crippen LogP contribution is -2.14. The Balaban J connectivity index is 1.42. The highest BCUT2D eigenvalue weighted by Gasteiger charge is 2.18. The van der Waals surface area contributed by atoms with E-state index in [-0.39, 0.29) is 22.7 Å². The minimum Gasteiger partial charge on any atom is -0.410 e. The number of anilines is 1. The first-order valence-corrected chi connectivity index (χ1v) is 10.4. The molecule has 0 atom stereocenters. The van der Waals surface area contributed by atoms with Gasteiger partial charge in [0.25, 0.3) is 11.1 Å². The predicted octanol–water partition coefficient (Wildman–Crippen LogP) is 5.78. The third-order valence-electron chi connectivity index (χ3n) is 3.92. The second-order valence-corrected chi connectivity index (χ2v) is 8.27. The van der Waals surface area contributed by atoms with Gasteiger partial charge >= 0.3 is 0 Å². The molecule has 142 valence electrons. The third-order valence-corrected chi connectivity index (χ3v) is 6.40. The van der Waals surface area contributed by atoms with Gasteiger partial charge < -0.3 is 9.73 Å². The van der Waals surface area contributed by atoms with Crippen LogP contribution in [0.1, 0.15) is 5.56 Å². The van der Waals surface area contributed by atoms with Crippen LogP contribution in [0.25, 0.3) is 20.9 Å². The molecule has 0 aliphatic rings. The number of nitrogens with zero attached hydrogens (tertiary/aromatic N) is 2. The van der Waals surface area contributed by atoms with Crippen molar-refractivity contribution in [3.63, 3.8) is 0 Å². The van der Waals surface area contributed by atoms with Gasteiger partial charge in [-0.2, -0.15) is 0 Å². The topological polar surface area (TPSA) is 68.0 Å². The number of hydrogen-bond acceptors (Lipinski definition) is 6. The highest BCUT2D eigenvalue weighted by Crippen LogP contribution is 2.41. The van der Waals surface area contributed by atoms with Gasteiger partial charge in [0.15, 0.2) is 0 Å². The molecule has 0 saturated heterocycles. The maximum Gasteiger partial charge on any atom is 0.277 e. The number of nitrogens with one attached hydrogen (secondary N) is 1. The number of aromatic nitrogens is 2. The van der Waals surface area contributed by atoms with Gasteiger partial charge in [-0.15, -0.1) is 21.5 Å². The van der Waals surface area contributed by atoms with Gasteiger partial charge in [0.2, 0.25) is 5.91 Å². The van der Waals surface area contributed by atoms with Crippen LogP contribution in [0.5, 0.6) is 0 Å². The first-order valence-electron chi connectivity index (χ1n) is 8.21. The molecule has 5 nitrogen and oxygen atoms in total. The van der Waals surface area contributed by atoms with Gasteiger partial charge in [-0.1, -0.05) is 47.6 Å². The molecule has 0 aliphatic heterocycles. The first-order chi connectivity index (χ1) is 13.5. The molecule has 2 aromatic heterocycles. The molecule has 0 unspecified atom stereocenters. The average Bonchev–Trinajstić information content (AvgIpc) is 3.28. The highest BCUT2D eigenvalue weighted by atomic mass is 35.5. The van der Waals surface area contributed by atoms with E-state index in [4.69, 9.17) is 16.0 Å². The number of benzene rings is 2. The number of carbonyl (C=O) groups excluding carboxylic acids is 1. The number of carbonyl (C=O) groups is 1. The Morgan fingerprint density at radius 2 is 2.11 bits per heavy atom. The van der Waals surface area contributed by atoms with E-state index in [0.717, 1.165) is 21.8 Å². The lowest BCUT2D eigenvalue weighted by molar-refractivity contribution is -0.113. The van der Waals surface area contributed by atoms with Crippen LogP contribution in [0, 0.1) is 12.7 Å². The van der Waals surface area contributed by atoms with Crippen LogP contribution in [0.3, 0.4) is 0 Å². The second-order valence-electron chi connectivity index (χ2n) is 5.92. The lowest BCUT2D eigenvalue weighted by atomic mass is 10.2. The van der Waals surface area contributed by atoms with E-state index >= 15 is 0 Å². The maximum atomic E-state index is 13.6. The standard InChI is InChI=1S/C19H13ClFN3O2S2/c1-10-6-7-11(8-13(10)21)22-15(25)9-27-19-24-23-18(26-19)17-16(20)12-4-2-3-5-14(12)28-17/h2-8H,9H2,1H3,(H,22,25). The first kappa shape index (κ1) is 18.9. The number of thioether (sulfide) groups is 1. The normalized spacial score (nSPS) is 11.1. The molecule has 28 heavy (non-hydrogen) atoms. The summed E-state index contributed by atoms with van der Waals surface area (Å²) < 4.78 is 20.2. The summed E-state index contributed by atoms with van der Waals surface area (Å²) in [6, 6.07) is 12.3. The second kappa shape index (κ2) is 7.90. The van der Waals surface area contributed by atoms with Crippen molar-refractivity contribution < 1.29 is 13.6 Å². The Bertz CT molecular complexity index is 1180. The van der Waals surface area contributed by atoms with E-state index < -0.39 is 0 Å². The molecule has 2 aromatic carbocycles. The molecule has 0 bridgehead atoms. The number of hydrogen-bond donors (Lipinski definition) is 1. The Hall–Kier alpha value is -2.42. The van der Waals surface area contributed by atoms with Crippen LogP contribution < -0.4 is 5.32 Å². The van der Waals surface area contributed by atoms with E-state index in [9.17, 15) is 9.18 Å². The van der Waals surface area contributed by atoms with Crippen LogP contribution in [0.2, 0.25) is 5.02 Å². The summed E-state index contributed by atoms with van der Waals surface area (Å²) in [5, 5.41) is 12.4. The number of aryl methyl sites for hydroxylation is 1. The number of thiophene rings is 1. The lowest BCUT2D eigenvalue weighted by Gasteiger charge is -2.05. The molecule has 2 heterocycles. The van der Waals surface area contributed by atoms with Crippen LogP contribution in [0.4, 0.5) is 10.1 Å². The fourth-order valence-electron chi connectivity index (χ4n) is 2.51. The van der Waals surface area contributed by atoms with E-state index in [2.05, 4.69) is 15.5 Å². The summed E-state index contributed by atoms with van der Waals surface area (Å²) >= 11 is 8.99. The van der Waals surface area contributed by atoms with Crippen LogP contribution >= 0.6 is 34.7 Å². The summed E-state index contributed by atoms with van der Waals surface area (Å²) in [4.78, 5) is 12.8. The Labute approximate surface area is 172 Å². The zero-order chi connectivity index (χ0) is 19.7. The van der Waals surface area contributed by atoms with Crippen LogP contribution in [0.15, 0.2) is 52.1 Å². The molecule has 0 saturated carbocycles. The summed E-state index contributed by atoms with van der Waals surface area (Å²) in [5.74, 6) is -0.299. The van der Waals surface area contributed by atoms with E-state index in [1.54, 1.807) is 19.1 Å². The Morgan fingerprint density at radius 1 is 1.29 bits per heavy atom. The molecule has 0 spiro atoms. The van der Waals surface area contributed by atoms with Crippen molar-refractivity contribution in [2.24, 2.45) is 0 Å². The van der Waals surface area contributed by atoms with Gasteiger partial charge in [-0.3, -0.25) is 4.79 Å². The largest absolute Gasteiger partial charge is 0.410 e. The third kappa shape index (κ3) is 3.89.